The van der Waals surface area contributed by atoms with Gasteiger partial charge in [0.25, 0.3) is 0 Å². The van der Waals surface area contributed by atoms with Gasteiger partial charge in [0.15, 0.2) is 0 Å². The first-order valence-electron chi connectivity index (χ1n) is 6.37. The molecule has 0 aromatic heterocycles. The van der Waals surface area contributed by atoms with E-state index < -0.39 is 0 Å². The third-order valence-corrected chi connectivity index (χ3v) is 3.58. The Morgan fingerprint density at radius 3 is 2.89 bits per heavy atom. The Labute approximate surface area is 121 Å². The number of nitrogens with zero attached hydrogens (tertiary/aromatic N) is 2. The fourth-order valence-electron chi connectivity index (χ4n) is 2.39. The smallest absolute Gasteiger partial charge is 0.121 e. The molecule has 0 bridgehead atoms. The van der Waals surface area contributed by atoms with E-state index in [0.29, 0.717) is 0 Å². The van der Waals surface area contributed by atoms with E-state index in [1.807, 2.05) is 6.08 Å². The predicted octanol–water partition coefficient (Wildman–Crippen LogP) is 2.63. The molecule has 2 N–H and O–H groups in total. The maximum Gasteiger partial charge on any atom is 0.121 e. The highest BCUT2D eigenvalue weighted by Gasteiger charge is 2.24. The number of hydrogen-bond donors (Lipinski definition) is 1. The van der Waals surface area contributed by atoms with Crippen molar-refractivity contribution in [3.63, 3.8) is 0 Å². The average Bonchev–Trinajstić information content (AvgIpc) is 2.80. The molecule has 4 heteroatoms. The Balaban J connectivity index is 0.00000180. The summed E-state index contributed by atoms with van der Waals surface area (Å²) in [6, 6.07) is 6.14. The van der Waals surface area contributed by atoms with Crippen molar-refractivity contribution < 1.29 is 0 Å². The Morgan fingerprint density at radius 2 is 2.21 bits per heavy atom. The third-order valence-electron chi connectivity index (χ3n) is 3.58. The van der Waals surface area contributed by atoms with Gasteiger partial charge in [-0.1, -0.05) is 24.3 Å². The van der Waals surface area contributed by atoms with Crippen LogP contribution in [0.5, 0.6) is 0 Å². The van der Waals surface area contributed by atoms with Crippen molar-refractivity contribution in [3.8, 4) is 0 Å². The molecule has 1 aromatic carbocycles. The number of amidine groups is 1. The van der Waals surface area contributed by atoms with Gasteiger partial charge in [-0.25, -0.2) is 0 Å². The molecule has 104 valence electrons. The number of hydrogen-bond acceptors (Lipinski definition) is 3. The molecule has 1 atom stereocenters. The molecule has 0 saturated heterocycles. The Bertz CT molecular complexity index is 482. The second-order valence-electron chi connectivity index (χ2n) is 4.74. The largest absolute Gasteiger partial charge is 0.353 e. The Kier molecular flexibility index (Phi) is 5.58. The normalized spacial score (nSPS) is 15.7. The van der Waals surface area contributed by atoms with E-state index in [1.54, 1.807) is 0 Å². The molecule has 0 amide bonds. The predicted molar refractivity (Wildman–Crippen MR) is 84.2 cm³/mol. The van der Waals surface area contributed by atoms with Crippen LogP contribution in [0.1, 0.15) is 22.7 Å². The summed E-state index contributed by atoms with van der Waals surface area (Å²) in [5.41, 5.74) is 10.1. The van der Waals surface area contributed by atoms with E-state index in [0.717, 1.165) is 25.5 Å². The number of aliphatic imine (C=N–C) groups is 1. The van der Waals surface area contributed by atoms with E-state index >= 15 is 0 Å². The van der Waals surface area contributed by atoms with Crippen LogP contribution in [0, 0.1) is 13.8 Å². The molecular weight excluding hydrogens is 258 g/mol. The molecular formula is C15H22ClN3. The van der Waals surface area contributed by atoms with E-state index in [1.165, 1.54) is 16.7 Å². The fraction of sp³-hybridized carbons (Fsp3) is 0.400. The first-order valence-corrected chi connectivity index (χ1v) is 6.37. The van der Waals surface area contributed by atoms with Crippen molar-refractivity contribution in [3.05, 3.63) is 47.5 Å². The summed E-state index contributed by atoms with van der Waals surface area (Å²) in [6.45, 7) is 10.6. The topological polar surface area (TPSA) is 41.6 Å². The summed E-state index contributed by atoms with van der Waals surface area (Å²) in [5, 5.41) is 0. The zero-order valence-corrected chi connectivity index (χ0v) is 12.4. The molecule has 1 heterocycles. The Hall–Kier alpha value is -1.32. The number of halogens is 1. The van der Waals surface area contributed by atoms with Crippen molar-refractivity contribution >= 4 is 18.2 Å². The minimum atomic E-state index is -0.132. The van der Waals surface area contributed by atoms with Gasteiger partial charge in [0.2, 0.25) is 0 Å². The highest BCUT2D eigenvalue weighted by Crippen LogP contribution is 2.22. The van der Waals surface area contributed by atoms with Gasteiger partial charge in [-0.15, -0.1) is 19.0 Å². The molecule has 1 unspecified atom stereocenters. The van der Waals surface area contributed by atoms with Crippen LogP contribution in [0.15, 0.2) is 35.8 Å². The molecule has 2 rings (SSSR count). The van der Waals surface area contributed by atoms with Gasteiger partial charge in [0.1, 0.15) is 5.84 Å². The first-order chi connectivity index (χ1) is 8.65. The van der Waals surface area contributed by atoms with E-state index in [-0.39, 0.29) is 18.4 Å². The van der Waals surface area contributed by atoms with Gasteiger partial charge in [-0.2, -0.15) is 0 Å². The summed E-state index contributed by atoms with van der Waals surface area (Å²) in [4.78, 5) is 6.76. The second-order valence-corrected chi connectivity index (χ2v) is 4.74. The summed E-state index contributed by atoms with van der Waals surface area (Å²) >= 11 is 0. The summed E-state index contributed by atoms with van der Waals surface area (Å²) in [5.74, 6) is 0.989. The van der Waals surface area contributed by atoms with Crippen molar-refractivity contribution in [2.24, 2.45) is 10.7 Å². The molecule has 3 nitrogen and oxygen atoms in total. The SMILES string of the molecule is C=CCN1CCN=C1C(N)c1cccc(C)c1C.Cl. The lowest BCUT2D eigenvalue weighted by atomic mass is 9.97. The molecule has 1 aliphatic rings. The number of aryl methyl sites for hydroxylation is 1. The van der Waals surface area contributed by atoms with Crippen molar-refractivity contribution in [1.82, 2.24) is 4.90 Å². The van der Waals surface area contributed by atoms with Crippen LogP contribution in [0.2, 0.25) is 0 Å². The maximum atomic E-state index is 6.38. The van der Waals surface area contributed by atoms with Crippen LogP contribution in [0.3, 0.4) is 0 Å². The zero-order valence-electron chi connectivity index (χ0n) is 11.6. The van der Waals surface area contributed by atoms with Crippen LogP contribution in [-0.4, -0.2) is 30.4 Å². The summed E-state index contributed by atoms with van der Waals surface area (Å²) in [6.07, 6.45) is 1.90. The fourth-order valence-corrected chi connectivity index (χ4v) is 2.39. The molecule has 0 radical (unpaired) electrons. The maximum absolute atomic E-state index is 6.38. The lowest BCUT2D eigenvalue weighted by Gasteiger charge is -2.24. The third kappa shape index (κ3) is 3.17. The standard InChI is InChI=1S/C15H21N3.ClH/c1-4-9-18-10-8-17-15(18)14(16)13-7-5-6-11(2)12(13)3;/h4-7,14H,1,8-10,16H2,2-3H3;1H. The van der Waals surface area contributed by atoms with Crippen molar-refractivity contribution in [2.75, 3.05) is 19.6 Å². The van der Waals surface area contributed by atoms with Crippen LogP contribution in [0.25, 0.3) is 0 Å². The van der Waals surface area contributed by atoms with Crippen LogP contribution in [0.4, 0.5) is 0 Å². The molecule has 1 aromatic rings. The minimum Gasteiger partial charge on any atom is -0.353 e. The number of nitrogens with two attached hydrogens (primary N) is 1. The molecule has 0 spiro atoms. The van der Waals surface area contributed by atoms with Gasteiger partial charge in [-0.05, 0) is 30.5 Å². The summed E-state index contributed by atoms with van der Waals surface area (Å²) in [7, 11) is 0. The van der Waals surface area contributed by atoms with E-state index in [2.05, 4.69) is 48.5 Å². The van der Waals surface area contributed by atoms with Crippen LogP contribution >= 0.6 is 12.4 Å². The van der Waals surface area contributed by atoms with Gasteiger partial charge in [0.05, 0.1) is 12.6 Å². The van der Waals surface area contributed by atoms with Gasteiger partial charge in [0, 0.05) is 13.1 Å². The van der Waals surface area contributed by atoms with Gasteiger partial charge in [-0.3, -0.25) is 4.99 Å². The molecule has 0 fully saturated rings. The van der Waals surface area contributed by atoms with Crippen molar-refractivity contribution in [2.45, 2.75) is 19.9 Å². The molecule has 19 heavy (non-hydrogen) atoms. The lowest BCUT2D eigenvalue weighted by Crippen LogP contribution is -2.36. The minimum absolute atomic E-state index is 0. The molecule has 0 aliphatic carbocycles. The zero-order chi connectivity index (χ0) is 13.1. The van der Waals surface area contributed by atoms with Crippen LogP contribution in [-0.2, 0) is 0 Å². The van der Waals surface area contributed by atoms with E-state index in [9.17, 15) is 0 Å². The van der Waals surface area contributed by atoms with Gasteiger partial charge >= 0.3 is 0 Å². The number of benzene rings is 1. The highest BCUT2D eigenvalue weighted by atomic mass is 35.5. The second kappa shape index (κ2) is 6.73. The average molecular weight is 280 g/mol. The highest BCUT2D eigenvalue weighted by molar-refractivity contribution is 5.90. The quantitative estimate of drug-likeness (QED) is 0.861. The monoisotopic (exact) mass is 279 g/mol. The Morgan fingerprint density at radius 1 is 1.47 bits per heavy atom. The number of rotatable bonds is 4. The lowest BCUT2D eigenvalue weighted by molar-refractivity contribution is 0.491. The van der Waals surface area contributed by atoms with E-state index in [4.69, 9.17) is 5.73 Å². The summed E-state index contributed by atoms with van der Waals surface area (Å²) < 4.78 is 0. The van der Waals surface area contributed by atoms with Gasteiger partial charge < -0.3 is 10.6 Å². The molecule has 0 saturated carbocycles. The first kappa shape index (κ1) is 15.7. The molecule has 1 aliphatic heterocycles. The van der Waals surface area contributed by atoms with Crippen LogP contribution < -0.4 is 5.73 Å². The van der Waals surface area contributed by atoms with Crippen molar-refractivity contribution in [1.29, 1.82) is 0 Å².